The molecule has 0 bridgehead atoms. The third kappa shape index (κ3) is 3.21. The predicted molar refractivity (Wildman–Crippen MR) is 82.9 cm³/mol. The summed E-state index contributed by atoms with van der Waals surface area (Å²) in [5, 5.41) is 0. The van der Waals surface area contributed by atoms with Gasteiger partial charge in [-0.2, -0.15) is 4.98 Å². The van der Waals surface area contributed by atoms with Gasteiger partial charge in [-0.1, -0.05) is 6.92 Å². The zero-order valence-corrected chi connectivity index (χ0v) is 13.8. The Hall–Kier alpha value is -1.78. The van der Waals surface area contributed by atoms with Crippen molar-refractivity contribution in [2.24, 2.45) is 0 Å². The van der Waals surface area contributed by atoms with Crippen LogP contribution in [0.4, 0.5) is 5.95 Å². The molecule has 1 aliphatic heterocycles. The van der Waals surface area contributed by atoms with Crippen molar-refractivity contribution in [3.63, 3.8) is 0 Å². The molecular formula is C12H18N5O6P. The van der Waals surface area contributed by atoms with E-state index in [9.17, 15) is 9.36 Å². The van der Waals surface area contributed by atoms with E-state index in [1.54, 1.807) is 11.5 Å². The third-order valence-electron chi connectivity index (χ3n) is 3.92. The maximum absolute atomic E-state index is 11.8. The molecule has 0 amide bonds. The van der Waals surface area contributed by atoms with E-state index < -0.39 is 31.5 Å². The van der Waals surface area contributed by atoms with Crippen molar-refractivity contribution >= 4 is 24.7 Å². The second-order valence-corrected chi connectivity index (χ2v) is 7.18. The first-order valence-electron chi connectivity index (χ1n) is 7.32. The minimum atomic E-state index is -4.30. The molecule has 0 spiro atoms. The molecule has 3 rings (SSSR count). The van der Waals surface area contributed by atoms with Gasteiger partial charge in [-0.25, -0.2) is 4.98 Å². The lowest BCUT2D eigenvalue weighted by atomic mass is 10.1. The van der Waals surface area contributed by atoms with Gasteiger partial charge in [0.1, 0.15) is 6.23 Å². The molecule has 132 valence electrons. The Morgan fingerprint density at radius 3 is 3.04 bits per heavy atom. The van der Waals surface area contributed by atoms with Crippen LogP contribution in [0, 0.1) is 0 Å². The lowest BCUT2D eigenvalue weighted by molar-refractivity contribution is -0.232. The Morgan fingerprint density at radius 1 is 1.62 bits per heavy atom. The van der Waals surface area contributed by atoms with E-state index in [1.807, 2.05) is 0 Å². The van der Waals surface area contributed by atoms with Crippen LogP contribution in [0.25, 0.3) is 11.2 Å². The summed E-state index contributed by atoms with van der Waals surface area (Å²) in [4.78, 5) is 40.3. The molecule has 0 radical (unpaired) electrons. The summed E-state index contributed by atoms with van der Waals surface area (Å²) < 4.78 is 23.9. The van der Waals surface area contributed by atoms with Crippen LogP contribution in [0.3, 0.4) is 0 Å². The zero-order chi connectivity index (χ0) is 17.5. The number of imidazole rings is 1. The average molecular weight is 359 g/mol. The zero-order valence-electron chi connectivity index (χ0n) is 12.9. The van der Waals surface area contributed by atoms with Gasteiger partial charge < -0.3 is 25.0 Å². The molecule has 5 N–H and O–H groups in total. The molecule has 1 aliphatic rings. The molecule has 1 saturated heterocycles. The highest BCUT2D eigenvalue weighted by Gasteiger charge is 2.42. The first kappa shape index (κ1) is 17.1. The van der Waals surface area contributed by atoms with E-state index in [0.29, 0.717) is 19.3 Å². The number of hydrogen-bond acceptors (Lipinski definition) is 7. The first-order chi connectivity index (χ1) is 11.2. The molecule has 3 heterocycles. The van der Waals surface area contributed by atoms with Crippen LogP contribution >= 0.6 is 7.60 Å². The van der Waals surface area contributed by atoms with Gasteiger partial charge in [0.05, 0.1) is 6.33 Å². The number of nitrogen functional groups attached to an aromatic ring is 1. The summed E-state index contributed by atoms with van der Waals surface area (Å²) in [7, 11) is -4.30. The van der Waals surface area contributed by atoms with E-state index in [2.05, 4.69) is 15.0 Å². The van der Waals surface area contributed by atoms with Gasteiger partial charge in [0, 0.05) is 6.42 Å². The second kappa shape index (κ2) is 5.94. The maximum Gasteiger partial charge on any atom is 0.351 e. The van der Waals surface area contributed by atoms with Gasteiger partial charge in [-0.05, 0) is 12.8 Å². The molecule has 1 fully saturated rings. The number of hydrogen-bond donors (Lipinski definition) is 4. The van der Waals surface area contributed by atoms with Crippen molar-refractivity contribution in [3.05, 3.63) is 16.7 Å². The van der Waals surface area contributed by atoms with Crippen molar-refractivity contribution in [3.8, 4) is 0 Å². The minimum Gasteiger partial charge on any atom is -0.369 e. The number of aromatic amines is 1. The molecule has 0 aromatic carbocycles. The normalized spacial score (nSPS) is 24.7. The lowest BCUT2D eigenvalue weighted by Gasteiger charge is -2.28. The van der Waals surface area contributed by atoms with Gasteiger partial charge in [-0.15, -0.1) is 0 Å². The van der Waals surface area contributed by atoms with Crippen LogP contribution < -0.4 is 11.3 Å². The third-order valence-corrected chi connectivity index (χ3v) is 4.38. The predicted octanol–water partition coefficient (Wildman–Crippen LogP) is 0.269. The molecule has 2 atom stereocenters. The number of ether oxygens (including phenoxy) is 2. The van der Waals surface area contributed by atoms with Crippen LogP contribution in [0.15, 0.2) is 11.1 Å². The molecular weight excluding hydrogens is 341 g/mol. The number of fused-ring (bicyclic) bond motifs is 1. The van der Waals surface area contributed by atoms with Gasteiger partial charge in [-0.3, -0.25) is 18.9 Å². The fourth-order valence-corrected chi connectivity index (χ4v) is 3.13. The van der Waals surface area contributed by atoms with Crippen LogP contribution in [-0.4, -0.2) is 41.4 Å². The highest BCUT2D eigenvalue weighted by atomic mass is 31.2. The summed E-state index contributed by atoms with van der Waals surface area (Å²) in [5.41, 5.74) is 5.53. The first-order valence-corrected chi connectivity index (χ1v) is 9.11. The monoisotopic (exact) mass is 359 g/mol. The van der Waals surface area contributed by atoms with Gasteiger partial charge in [0.2, 0.25) is 5.95 Å². The fraction of sp³-hybridized carbons (Fsp3) is 0.583. The van der Waals surface area contributed by atoms with Crippen LogP contribution in [-0.2, 0) is 14.0 Å². The Bertz CT molecular complexity index is 859. The van der Waals surface area contributed by atoms with Crippen LogP contribution in [0.5, 0.6) is 0 Å². The second-order valence-electron chi connectivity index (χ2n) is 5.59. The van der Waals surface area contributed by atoms with Gasteiger partial charge in [0.25, 0.3) is 5.56 Å². The Balaban J connectivity index is 1.87. The number of nitrogens with one attached hydrogen (secondary N) is 1. The molecule has 2 aromatic rings. The maximum atomic E-state index is 11.8. The summed E-state index contributed by atoms with van der Waals surface area (Å²) in [6, 6.07) is 0. The molecule has 0 saturated carbocycles. The highest BCUT2D eigenvalue weighted by molar-refractivity contribution is 7.51. The summed E-state index contributed by atoms with van der Waals surface area (Å²) in [6.45, 7) is 1.80. The van der Waals surface area contributed by atoms with Gasteiger partial charge >= 0.3 is 7.60 Å². The standard InChI is InChI=1S/C12H18N5O6P/c1-2-12(22-6-24(19,20)21)4-3-7(23-12)17-5-14-8-9(17)15-11(13)16-10(8)18/h5,7H,2-4,6H2,1H3,(H2,19,20,21)(H3,13,15,16,18)/t7-,12+/m1/s1. The molecule has 12 heteroatoms. The highest BCUT2D eigenvalue weighted by Crippen LogP contribution is 2.44. The van der Waals surface area contributed by atoms with Crippen LogP contribution in [0.2, 0.25) is 0 Å². The Kier molecular flexibility index (Phi) is 4.22. The number of nitrogens with two attached hydrogens (primary N) is 1. The topological polar surface area (TPSA) is 166 Å². The lowest BCUT2D eigenvalue weighted by Crippen LogP contribution is -2.32. The molecule has 0 aliphatic carbocycles. The molecule has 0 unspecified atom stereocenters. The number of H-pyrrole nitrogens is 1. The number of anilines is 1. The number of rotatable bonds is 5. The van der Waals surface area contributed by atoms with Crippen molar-refractivity contribution in [1.29, 1.82) is 0 Å². The SMILES string of the molecule is CC[C@@]1(OCP(=O)(O)O)CC[C@H](n2cnc3c(=O)[nH]c(N)nc32)O1. The number of nitrogens with zero attached hydrogens (tertiary/aromatic N) is 3. The fourth-order valence-electron chi connectivity index (χ4n) is 2.73. The minimum absolute atomic E-state index is 0.0354. The van der Waals surface area contributed by atoms with Crippen molar-refractivity contribution in [1.82, 2.24) is 19.5 Å². The quantitative estimate of drug-likeness (QED) is 0.548. The van der Waals surface area contributed by atoms with Crippen molar-refractivity contribution in [2.45, 2.75) is 38.2 Å². The van der Waals surface area contributed by atoms with E-state index in [-0.39, 0.29) is 17.1 Å². The molecule has 2 aromatic heterocycles. The summed E-state index contributed by atoms with van der Waals surface area (Å²) in [5.74, 6) is -1.14. The van der Waals surface area contributed by atoms with E-state index >= 15 is 0 Å². The van der Waals surface area contributed by atoms with Gasteiger partial charge in [0.15, 0.2) is 23.3 Å². The molecule has 24 heavy (non-hydrogen) atoms. The summed E-state index contributed by atoms with van der Waals surface area (Å²) >= 11 is 0. The Labute approximate surface area is 136 Å². The Morgan fingerprint density at radius 2 is 2.38 bits per heavy atom. The average Bonchev–Trinajstić information content (AvgIpc) is 3.09. The van der Waals surface area contributed by atoms with E-state index in [1.165, 1.54) is 6.33 Å². The summed E-state index contributed by atoms with van der Waals surface area (Å²) in [6.07, 6.45) is 1.53. The van der Waals surface area contributed by atoms with E-state index in [0.717, 1.165) is 0 Å². The molecule has 11 nitrogen and oxygen atoms in total. The smallest absolute Gasteiger partial charge is 0.351 e. The van der Waals surface area contributed by atoms with Crippen molar-refractivity contribution < 1.29 is 23.8 Å². The number of aromatic nitrogens is 4. The largest absolute Gasteiger partial charge is 0.369 e. The van der Waals surface area contributed by atoms with Crippen molar-refractivity contribution in [2.75, 3.05) is 12.1 Å². The van der Waals surface area contributed by atoms with Crippen LogP contribution in [0.1, 0.15) is 32.4 Å². The van der Waals surface area contributed by atoms with E-state index in [4.69, 9.17) is 25.0 Å².